The highest BCUT2D eigenvalue weighted by molar-refractivity contribution is 5.20. The van der Waals surface area contributed by atoms with Gasteiger partial charge in [-0.1, -0.05) is 38.5 Å². The van der Waals surface area contributed by atoms with E-state index in [-0.39, 0.29) is 11.9 Å². The van der Waals surface area contributed by atoms with Crippen LogP contribution in [-0.4, -0.2) is 19.8 Å². The Balaban J connectivity index is 2.24. The van der Waals surface area contributed by atoms with Gasteiger partial charge in [0.05, 0.1) is 0 Å². The van der Waals surface area contributed by atoms with Crippen molar-refractivity contribution in [1.29, 1.82) is 0 Å². The van der Waals surface area contributed by atoms with Gasteiger partial charge in [-0.15, -0.1) is 0 Å². The van der Waals surface area contributed by atoms with E-state index in [0.717, 1.165) is 44.6 Å². The first-order chi connectivity index (χ1) is 9.29. The molecule has 0 radical (unpaired) electrons. The molecule has 0 fully saturated rings. The lowest BCUT2D eigenvalue weighted by Gasteiger charge is -2.18. The lowest BCUT2D eigenvalue weighted by atomic mass is 10.0. The minimum absolute atomic E-state index is 0.0943. The van der Waals surface area contributed by atoms with Crippen molar-refractivity contribution < 1.29 is 9.13 Å². The minimum atomic E-state index is -0.124. The molecule has 0 amide bonds. The first-order valence-corrected chi connectivity index (χ1v) is 7.35. The molecule has 108 valence electrons. The van der Waals surface area contributed by atoms with Gasteiger partial charge in [0, 0.05) is 24.8 Å². The molecule has 0 bridgehead atoms. The van der Waals surface area contributed by atoms with Gasteiger partial charge in [0.2, 0.25) is 0 Å². The molecule has 0 saturated carbocycles. The van der Waals surface area contributed by atoms with Gasteiger partial charge in [-0.3, -0.25) is 0 Å². The number of benzene rings is 1. The molecule has 0 spiro atoms. The van der Waals surface area contributed by atoms with Gasteiger partial charge in [-0.05, 0) is 31.9 Å². The molecule has 1 unspecified atom stereocenters. The van der Waals surface area contributed by atoms with Crippen LogP contribution >= 0.6 is 0 Å². The van der Waals surface area contributed by atoms with E-state index in [1.165, 1.54) is 12.5 Å². The van der Waals surface area contributed by atoms with Crippen LogP contribution in [0.5, 0.6) is 0 Å². The first-order valence-electron chi connectivity index (χ1n) is 7.35. The van der Waals surface area contributed by atoms with Crippen LogP contribution < -0.4 is 5.32 Å². The summed E-state index contributed by atoms with van der Waals surface area (Å²) in [6.45, 7) is 6.72. The Kier molecular flexibility index (Phi) is 8.43. The second-order valence-electron chi connectivity index (χ2n) is 4.76. The fourth-order valence-electron chi connectivity index (χ4n) is 2.03. The van der Waals surface area contributed by atoms with Crippen molar-refractivity contribution in [2.45, 2.75) is 45.6 Å². The van der Waals surface area contributed by atoms with E-state index < -0.39 is 0 Å². The average molecular weight is 267 g/mol. The lowest BCUT2D eigenvalue weighted by Crippen LogP contribution is -2.23. The number of halogens is 1. The van der Waals surface area contributed by atoms with Gasteiger partial charge >= 0.3 is 0 Å². The minimum Gasteiger partial charge on any atom is -0.381 e. The van der Waals surface area contributed by atoms with Crippen LogP contribution in [-0.2, 0) is 4.74 Å². The molecule has 2 nitrogen and oxygen atoms in total. The van der Waals surface area contributed by atoms with Crippen LogP contribution in [0, 0.1) is 5.82 Å². The number of ether oxygens (including phenoxy) is 1. The standard InChI is InChI=1S/C16H26FNO/c1-3-5-12-19-13-8-11-18-16(4-2)14-9-6-7-10-15(14)17/h6-7,9-10,16,18H,3-5,8,11-13H2,1-2H3. The first kappa shape index (κ1) is 16.1. The van der Waals surface area contributed by atoms with Gasteiger partial charge in [0.25, 0.3) is 0 Å². The zero-order chi connectivity index (χ0) is 13.9. The molecule has 0 aliphatic rings. The fourth-order valence-corrected chi connectivity index (χ4v) is 2.03. The third-order valence-corrected chi connectivity index (χ3v) is 3.19. The summed E-state index contributed by atoms with van der Waals surface area (Å²) in [7, 11) is 0. The second kappa shape index (κ2) is 9.93. The molecule has 1 aromatic carbocycles. The monoisotopic (exact) mass is 267 g/mol. The van der Waals surface area contributed by atoms with Crippen LogP contribution in [0.4, 0.5) is 4.39 Å². The molecule has 1 aromatic rings. The molecule has 0 aliphatic carbocycles. The Hall–Kier alpha value is -0.930. The zero-order valence-electron chi connectivity index (χ0n) is 12.1. The maximum absolute atomic E-state index is 13.7. The zero-order valence-corrected chi connectivity index (χ0v) is 12.1. The highest BCUT2D eigenvalue weighted by Crippen LogP contribution is 2.19. The third kappa shape index (κ3) is 6.17. The third-order valence-electron chi connectivity index (χ3n) is 3.19. The smallest absolute Gasteiger partial charge is 0.127 e. The summed E-state index contributed by atoms with van der Waals surface area (Å²) in [5, 5.41) is 3.40. The van der Waals surface area contributed by atoms with E-state index in [0.29, 0.717) is 0 Å². The summed E-state index contributed by atoms with van der Waals surface area (Å²) >= 11 is 0. The summed E-state index contributed by atoms with van der Waals surface area (Å²) in [6.07, 6.45) is 4.15. The van der Waals surface area contributed by atoms with Crippen molar-refractivity contribution >= 4 is 0 Å². The Morgan fingerprint density at radius 3 is 2.58 bits per heavy atom. The predicted molar refractivity (Wildman–Crippen MR) is 77.8 cm³/mol. The molecule has 1 rings (SSSR count). The van der Waals surface area contributed by atoms with Gasteiger partial charge < -0.3 is 10.1 Å². The molecule has 1 N–H and O–H groups in total. The summed E-state index contributed by atoms with van der Waals surface area (Å²) in [5.41, 5.74) is 0.761. The SMILES string of the molecule is CCCCOCCCNC(CC)c1ccccc1F. The molecule has 0 saturated heterocycles. The van der Waals surface area contributed by atoms with Crippen molar-refractivity contribution in [3.05, 3.63) is 35.6 Å². The molecule has 0 aromatic heterocycles. The molecular formula is C16H26FNO. The van der Waals surface area contributed by atoms with E-state index in [1.807, 2.05) is 12.1 Å². The van der Waals surface area contributed by atoms with Crippen molar-refractivity contribution in [3.63, 3.8) is 0 Å². The van der Waals surface area contributed by atoms with E-state index in [9.17, 15) is 4.39 Å². The molecule has 19 heavy (non-hydrogen) atoms. The molecule has 1 atom stereocenters. The Morgan fingerprint density at radius 2 is 1.89 bits per heavy atom. The van der Waals surface area contributed by atoms with Crippen LogP contribution in [0.1, 0.15) is 51.1 Å². The lowest BCUT2D eigenvalue weighted by molar-refractivity contribution is 0.128. The summed E-state index contributed by atoms with van der Waals surface area (Å²) in [4.78, 5) is 0. The van der Waals surface area contributed by atoms with Crippen molar-refractivity contribution in [1.82, 2.24) is 5.32 Å². The second-order valence-corrected chi connectivity index (χ2v) is 4.76. The summed E-state index contributed by atoms with van der Waals surface area (Å²) in [6, 6.07) is 7.09. The number of rotatable bonds is 10. The van der Waals surface area contributed by atoms with Crippen molar-refractivity contribution in [2.75, 3.05) is 19.8 Å². The Bertz CT molecular complexity index is 343. The fraction of sp³-hybridized carbons (Fsp3) is 0.625. The Labute approximate surface area is 116 Å². The van der Waals surface area contributed by atoms with Crippen LogP contribution in [0.3, 0.4) is 0 Å². The van der Waals surface area contributed by atoms with Gasteiger partial charge in [-0.25, -0.2) is 4.39 Å². The molecular weight excluding hydrogens is 241 g/mol. The van der Waals surface area contributed by atoms with E-state index >= 15 is 0 Å². The highest BCUT2D eigenvalue weighted by Gasteiger charge is 2.12. The van der Waals surface area contributed by atoms with E-state index in [4.69, 9.17) is 4.74 Å². The van der Waals surface area contributed by atoms with Crippen molar-refractivity contribution in [2.24, 2.45) is 0 Å². The quantitative estimate of drug-likeness (QED) is 0.645. The highest BCUT2D eigenvalue weighted by atomic mass is 19.1. The van der Waals surface area contributed by atoms with Gasteiger partial charge in [0.15, 0.2) is 0 Å². The molecule has 3 heteroatoms. The maximum Gasteiger partial charge on any atom is 0.127 e. The number of hydrogen-bond donors (Lipinski definition) is 1. The van der Waals surface area contributed by atoms with E-state index in [2.05, 4.69) is 19.2 Å². The topological polar surface area (TPSA) is 21.3 Å². The van der Waals surface area contributed by atoms with Gasteiger partial charge in [-0.2, -0.15) is 0 Å². The van der Waals surface area contributed by atoms with Gasteiger partial charge in [0.1, 0.15) is 5.82 Å². The largest absolute Gasteiger partial charge is 0.381 e. The number of nitrogens with one attached hydrogen (secondary N) is 1. The normalized spacial score (nSPS) is 12.6. The molecule has 0 aliphatic heterocycles. The summed E-state index contributed by atoms with van der Waals surface area (Å²) in [5.74, 6) is -0.124. The Morgan fingerprint density at radius 1 is 1.16 bits per heavy atom. The van der Waals surface area contributed by atoms with Crippen LogP contribution in [0.15, 0.2) is 24.3 Å². The van der Waals surface area contributed by atoms with Crippen molar-refractivity contribution in [3.8, 4) is 0 Å². The maximum atomic E-state index is 13.7. The average Bonchev–Trinajstić information content (AvgIpc) is 2.43. The predicted octanol–water partition coefficient (Wildman–Crippen LogP) is 4.07. The van der Waals surface area contributed by atoms with Crippen LogP contribution in [0.25, 0.3) is 0 Å². The molecule has 0 heterocycles. The van der Waals surface area contributed by atoms with Crippen LogP contribution in [0.2, 0.25) is 0 Å². The number of unbranched alkanes of at least 4 members (excludes halogenated alkanes) is 1. The number of hydrogen-bond acceptors (Lipinski definition) is 2. The summed E-state index contributed by atoms with van der Waals surface area (Å²) < 4.78 is 19.2. The van der Waals surface area contributed by atoms with E-state index in [1.54, 1.807) is 6.07 Å².